The van der Waals surface area contributed by atoms with Gasteiger partial charge in [-0.2, -0.15) is 0 Å². The number of fused-ring (bicyclic) bond motifs is 1. The molecule has 3 rings (SSSR count). The molecule has 0 saturated heterocycles. The number of nitrogens with two attached hydrogens (primary N) is 1. The number of para-hydroxylation sites is 1. The van der Waals surface area contributed by atoms with E-state index < -0.39 is 0 Å². The third-order valence-electron chi connectivity index (χ3n) is 4.19. The van der Waals surface area contributed by atoms with Crippen molar-refractivity contribution in [1.29, 1.82) is 0 Å². The van der Waals surface area contributed by atoms with Gasteiger partial charge in [0.25, 0.3) is 0 Å². The molecule has 2 nitrogen and oxygen atoms in total. The molecule has 0 spiro atoms. The zero-order chi connectivity index (χ0) is 13.9. The van der Waals surface area contributed by atoms with Gasteiger partial charge in [-0.1, -0.05) is 42.5 Å². The maximum atomic E-state index is 6.57. The Hall–Kier alpha value is -1.80. The maximum Gasteiger partial charge on any atom is 0.124 e. The fourth-order valence-corrected chi connectivity index (χ4v) is 3.22. The minimum atomic E-state index is 0.00130. The Morgan fingerprint density at radius 2 is 1.90 bits per heavy atom. The molecule has 2 aromatic rings. The second kappa shape index (κ2) is 5.68. The summed E-state index contributed by atoms with van der Waals surface area (Å²) in [7, 11) is 0. The highest BCUT2D eigenvalue weighted by molar-refractivity contribution is 5.42. The van der Waals surface area contributed by atoms with E-state index in [9.17, 15) is 0 Å². The Bertz CT molecular complexity index is 593. The van der Waals surface area contributed by atoms with Gasteiger partial charge >= 0.3 is 0 Å². The molecule has 2 N–H and O–H groups in total. The van der Waals surface area contributed by atoms with Crippen LogP contribution in [0, 0.1) is 0 Å². The summed E-state index contributed by atoms with van der Waals surface area (Å²) in [5.41, 5.74) is 10.5. The molecule has 0 aromatic heterocycles. The van der Waals surface area contributed by atoms with E-state index in [-0.39, 0.29) is 6.04 Å². The van der Waals surface area contributed by atoms with E-state index in [1.807, 2.05) is 25.1 Å². The van der Waals surface area contributed by atoms with Crippen molar-refractivity contribution in [3.05, 3.63) is 65.2 Å². The highest BCUT2D eigenvalue weighted by atomic mass is 16.5. The van der Waals surface area contributed by atoms with E-state index in [1.165, 1.54) is 11.1 Å². The third kappa shape index (κ3) is 2.32. The van der Waals surface area contributed by atoms with Crippen LogP contribution in [0.15, 0.2) is 48.5 Å². The molecule has 0 saturated carbocycles. The van der Waals surface area contributed by atoms with Crippen molar-refractivity contribution in [2.45, 2.75) is 31.7 Å². The fourth-order valence-electron chi connectivity index (χ4n) is 3.22. The van der Waals surface area contributed by atoms with Crippen LogP contribution >= 0.6 is 0 Å². The lowest BCUT2D eigenvalue weighted by Crippen LogP contribution is -2.19. The first-order chi connectivity index (χ1) is 9.81. The standard InChI is InChI=1S/C18H21NO/c1-2-20-17-10-6-5-9-16(17)18(19)15-12-11-13-7-3-4-8-14(13)15/h3-10,15,18H,2,11-12,19H2,1H3. The number of hydrogen-bond donors (Lipinski definition) is 1. The Morgan fingerprint density at radius 3 is 2.75 bits per heavy atom. The van der Waals surface area contributed by atoms with Crippen molar-refractivity contribution in [3.8, 4) is 5.75 Å². The predicted molar refractivity (Wildman–Crippen MR) is 82.0 cm³/mol. The lowest BCUT2D eigenvalue weighted by Gasteiger charge is -2.23. The van der Waals surface area contributed by atoms with Crippen molar-refractivity contribution in [2.24, 2.45) is 5.73 Å². The Balaban J connectivity index is 1.92. The van der Waals surface area contributed by atoms with Gasteiger partial charge in [0.05, 0.1) is 6.61 Å². The van der Waals surface area contributed by atoms with Gasteiger partial charge in [0.2, 0.25) is 0 Å². The monoisotopic (exact) mass is 267 g/mol. The van der Waals surface area contributed by atoms with E-state index in [0.717, 1.165) is 24.2 Å². The topological polar surface area (TPSA) is 35.2 Å². The van der Waals surface area contributed by atoms with Gasteiger partial charge in [-0.15, -0.1) is 0 Å². The summed E-state index contributed by atoms with van der Waals surface area (Å²) in [5.74, 6) is 1.32. The summed E-state index contributed by atoms with van der Waals surface area (Å²) < 4.78 is 5.73. The second-order valence-corrected chi connectivity index (χ2v) is 5.34. The average molecular weight is 267 g/mol. The smallest absolute Gasteiger partial charge is 0.124 e. The summed E-state index contributed by atoms with van der Waals surface area (Å²) >= 11 is 0. The molecule has 104 valence electrons. The first kappa shape index (κ1) is 13.2. The molecule has 2 unspecified atom stereocenters. The van der Waals surface area contributed by atoms with Crippen molar-refractivity contribution in [3.63, 3.8) is 0 Å². The van der Waals surface area contributed by atoms with Gasteiger partial charge in [-0.3, -0.25) is 0 Å². The van der Waals surface area contributed by atoms with Crippen LogP contribution in [-0.4, -0.2) is 6.61 Å². The maximum absolute atomic E-state index is 6.57. The van der Waals surface area contributed by atoms with Crippen LogP contribution in [0.1, 0.15) is 42.0 Å². The van der Waals surface area contributed by atoms with E-state index in [4.69, 9.17) is 10.5 Å². The molecule has 2 aromatic carbocycles. The molecule has 0 amide bonds. The van der Waals surface area contributed by atoms with Crippen LogP contribution in [0.3, 0.4) is 0 Å². The summed E-state index contributed by atoms with van der Waals surface area (Å²) in [4.78, 5) is 0. The van der Waals surface area contributed by atoms with Crippen LogP contribution < -0.4 is 10.5 Å². The molecule has 0 bridgehead atoms. The molecule has 2 atom stereocenters. The predicted octanol–water partition coefficient (Wildman–Crippen LogP) is 3.82. The van der Waals surface area contributed by atoms with Crippen LogP contribution in [0.25, 0.3) is 0 Å². The normalized spacial score (nSPS) is 18.6. The Kier molecular flexibility index (Phi) is 3.75. The van der Waals surface area contributed by atoms with Crippen molar-refractivity contribution < 1.29 is 4.74 Å². The molecular formula is C18H21NO. The molecule has 1 aliphatic carbocycles. The largest absolute Gasteiger partial charge is 0.494 e. The molecule has 0 aliphatic heterocycles. The zero-order valence-corrected chi connectivity index (χ0v) is 11.9. The molecular weight excluding hydrogens is 246 g/mol. The van der Waals surface area contributed by atoms with Crippen molar-refractivity contribution in [2.75, 3.05) is 6.61 Å². The SMILES string of the molecule is CCOc1ccccc1C(N)C1CCc2ccccc21. The third-order valence-corrected chi connectivity index (χ3v) is 4.19. The summed E-state index contributed by atoms with van der Waals surface area (Å²) in [5, 5.41) is 0. The quantitative estimate of drug-likeness (QED) is 0.914. The molecule has 20 heavy (non-hydrogen) atoms. The van der Waals surface area contributed by atoms with E-state index in [1.54, 1.807) is 0 Å². The van der Waals surface area contributed by atoms with Crippen LogP contribution in [0.5, 0.6) is 5.75 Å². The number of rotatable bonds is 4. The highest BCUT2D eigenvalue weighted by Crippen LogP contribution is 2.42. The minimum Gasteiger partial charge on any atom is -0.494 e. The molecule has 0 heterocycles. The Morgan fingerprint density at radius 1 is 1.15 bits per heavy atom. The minimum absolute atomic E-state index is 0.00130. The van der Waals surface area contributed by atoms with E-state index >= 15 is 0 Å². The summed E-state index contributed by atoms with van der Waals surface area (Å²) in [6.45, 7) is 2.68. The number of hydrogen-bond acceptors (Lipinski definition) is 2. The lowest BCUT2D eigenvalue weighted by molar-refractivity contribution is 0.332. The van der Waals surface area contributed by atoms with Crippen LogP contribution in [-0.2, 0) is 6.42 Å². The second-order valence-electron chi connectivity index (χ2n) is 5.34. The summed E-state index contributed by atoms with van der Waals surface area (Å²) in [6, 6.07) is 16.8. The van der Waals surface area contributed by atoms with Crippen molar-refractivity contribution in [1.82, 2.24) is 0 Å². The van der Waals surface area contributed by atoms with Gasteiger partial charge in [0.1, 0.15) is 5.75 Å². The van der Waals surface area contributed by atoms with E-state index in [2.05, 4.69) is 30.3 Å². The average Bonchev–Trinajstić information content (AvgIpc) is 2.91. The molecule has 2 heteroatoms. The number of benzene rings is 2. The zero-order valence-electron chi connectivity index (χ0n) is 11.9. The molecule has 0 radical (unpaired) electrons. The molecule has 0 fully saturated rings. The van der Waals surface area contributed by atoms with Crippen LogP contribution in [0.2, 0.25) is 0 Å². The number of ether oxygens (including phenoxy) is 1. The van der Waals surface area contributed by atoms with Crippen LogP contribution in [0.4, 0.5) is 0 Å². The van der Waals surface area contributed by atoms with Gasteiger partial charge in [0, 0.05) is 17.5 Å². The number of aryl methyl sites for hydroxylation is 1. The van der Waals surface area contributed by atoms with Crippen molar-refractivity contribution >= 4 is 0 Å². The first-order valence-electron chi connectivity index (χ1n) is 7.36. The van der Waals surface area contributed by atoms with Gasteiger partial charge in [-0.25, -0.2) is 0 Å². The summed E-state index contributed by atoms with van der Waals surface area (Å²) in [6.07, 6.45) is 2.26. The Labute approximate surface area is 120 Å². The first-order valence-corrected chi connectivity index (χ1v) is 7.36. The van der Waals surface area contributed by atoms with Gasteiger partial charge in [0.15, 0.2) is 0 Å². The fraction of sp³-hybridized carbons (Fsp3) is 0.333. The van der Waals surface area contributed by atoms with E-state index in [0.29, 0.717) is 12.5 Å². The lowest BCUT2D eigenvalue weighted by atomic mass is 9.88. The van der Waals surface area contributed by atoms with Gasteiger partial charge in [-0.05, 0) is 37.0 Å². The van der Waals surface area contributed by atoms with Gasteiger partial charge < -0.3 is 10.5 Å². The molecule has 1 aliphatic rings. The highest BCUT2D eigenvalue weighted by Gasteiger charge is 2.29.